The number of nitrogens with zero attached hydrogens (tertiary/aromatic N) is 5. The second-order valence-corrected chi connectivity index (χ2v) is 15.5. The van der Waals surface area contributed by atoms with Crippen molar-refractivity contribution >= 4 is 11.9 Å². The van der Waals surface area contributed by atoms with Gasteiger partial charge in [-0.25, -0.2) is 0 Å². The van der Waals surface area contributed by atoms with Crippen LogP contribution < -0.4 is 16.0 Å². The van der Waals surface area contributed by atoms with Crippen molar-refractivity contribution in [1.82, 2.24) is 19.9 Å². The average Bonchev–Trinajstić information content (AvgIpc) is 2.78. The number of hydrogen-bond donors (Lipinski definition) is 2. The molecule has 0 aliphatic rings. The summed E-state index contributed by atoms with van der Waals surface area (Å²) in [6.07, 6.45) is 8.97. The second-order valence-electron chi connectivity index (χ2n) is 15.5. The monoisotopic (exact) mass is 562 g/mol. The van der Waals surface area contributed by atoms with Crippen LogP contribution in [0.15, 0.2) is 0 Å². The number of nitrogens with two attached hydrogens (primary N) is 1. The molecule has 3 N–H and O–H groups in total. The molecule has 1 unspecified atom stereocenters. The fourth-order valence-electron chi connectivity index (χ4n) is 5.95. The molecule has 1 atom stereocenters. The molecule has 234 valence electrons. The smallest absolute Gasteiger partial charge is 0.230 e. The zero-order valence-corrected chi connectivity index (χ0v) is 29.0. The number of hydrogen-bond acceptors (Lipinski definition) is 7. The van der Waals surface area contributed by atoms with Crippen molar-refractivity contribution in [2.75, 3.05) is 23.3 Å². The van der Waals surface area contributed by atoms with Crippen LogP contribution in [-0.4, -0.2) is 56.2 Å². The molecule has 7 nitrogen and oxygen atoms in total. The summed E-state index contributed by atoms with van der Waals surface area (Å²) < 4.78 is 0. The van der Waals surface area contributed by atoms with E-state index in [1.54, 1.807) is 0 Å². The van der Waals surface area contributed by atoms with Crippen LogP contribution in [0, 0.1) is 5.41 Å². The molecular formula is C33H67N7. The second kappa shape index (κ2) is 15.1. The van der Waals surface area contributed by atoms with Gasteiger partial charge in [-0.1, -0.05) is 75.2 Å². The molecule has 0 radical (unpaired) electrons. The lowest BCUT2D eigenvalue weighted by Crippen LogP contribution is -2.55. The summed E-state index contributed by atoms with van der Waals surface area (Å²) in [5, 5.41) is 3.67. The van der Waals surface area contributed by atoms with Crippen LogP contribution >= 0.6 is 0 Å². The molecule has 0 spiro atoms. The SMILES string of the molecule is CCC(CC)N(CCCCCCN(C(C)CC)C(C)(C)N)c1nc(NC(C)(C)CC(C)(C)C)nc(C(C)(C)C)n1. The normalized spacial score (nSPS) is 14.2. The third-order valence-corrected chi connectivity index (χ3v) is 7.77. The number of anilines is 2. The Morgan fingerprint density at radius 3 is 1.75 bits per heavy atom. The number of unbranched alkanes of at least 4 members (excludes halogenated alkanes) is 3. The van der Waals surface area contributed by atoms with Crippen LogP contribution in [0.25, 0.3) is 0 Å². The van der Waals surface area contributed by atoms with E-state index in [0.29, 0.717) is 18.0 Å². The van der Waals surface area contributed by atoms with E-state index < -0.39 is 0 Å². The van der Waals surface area contributed by atoms with Gasteiger partial charge in [0.15, 0.2) is 0 Å². The molecule has 0 aliphatic heterocycles. The molecule has 0 aromatic carbocycles. The molecule has 1 heterocycles. The predicted molar refractivity (Wildman–Crippen MR) is 175 cm³/mol. The van der Waals surface area contributed by atoms with Crippen LogP contribution in [-0.2, 0) is 5.41 Å². The first-order valence-electron chi connectivity index (χ1n) is 16.1. The highest BCUT2D eigenvalue weighted by Gasteiger charge is 2.29. The molecule has 1 aromatic rings. The minimum Gasteiger partial charge on any atom is -0.349 e. The number of aromatic nitrogens is 3. The van der Waals surface area contributed by atoms with Crippen molar-refractivity contribution in [3.63, 3.8) is 0 Å². The van der Waals surface area contributed by atoms with Gasteiger partial charge in [-0.3, -0.25) is 4.90 Å². The van der Waals surface area contributed by atoms with Crippen LogP contribution in [0.5, 0.6) is 0 Å². The van der Waals surface area contributed by atoms with E-state index >= 15 is 0 Å². The molecule has 1 aromatic heterocycles. The maximum atomic E-state index is 6.48. The fourth-order valence-corrected chi connectivity index (χ4v) is 5.95. The molecular weight excluding hydrogens is 494 g/mol. The first-order valence-corrected chi connectivity index (χ1v) is 16.1. The Morgan fingerprint density at radius 1 is 0.750 bits per heavy atom. The van der Waals surface area contributed by atoms with E-state index in [0.717, 1.165) is 57.0 Å². The highest BCUT2D eigenvalue weighted by Crippen LogP contribution is 2.31. The Morgan fingerprint density at radius 2 is 1.30 bits per heavy atom. The third-order valence-electron chi connectivity index (χ3n) is 7.77. The zero-order chi connectivity index (χ0) is 30.9. The van der Waals surface area contributed by atoms with Gasteiger partial charge in [0.1, 0.15) is 5.82 Å². The molecule has 0 amide bonds. The Hall–Kier alpha value is -1.47. The zero-order valence-electron chi connectivity index (χ0n) is 29.0. The maximum Gasteiger partial charge on any atom is 0.230 e. The van der Waals surface area contributed by atoms with Crippen LogP contribution in [0.3, 0.4) is 0 Å². The van der Waals surface area contributed by atoms with Gasteiger partial charge >= 0.3 is 0 Å². The number of rotatable bonds is 17. The Labute approximate surface area is 248 Å². The van der Waals surface area contributed by atoms with Crippen molar-refractivity contribution in [1.29, 1.82) is 0 Å². The van der Waals surface area contributed by atoms with E-state index in [-0.39, 0.29) is 22.0 Å². The minimum atomic E-state index is -0.279. The topological polar surface area (TPSA) is 83.2 Å². The fraction of sp³-hybridized carbons (Fsp3) is 0.909. The summed E-state index contributed by atoms with van der Waals surface area (Å²) in [7, 11) is 0. The van der Waals surface area contributed by atoms with Gasteiger partial charge in [-0.2, -0.15) is 15.0 Å². The van der Waals surface area contributed by atoms with Crippen molar-refractivity contribution < 1.29 is 0 Å². The molecule has 40 heavy (non-hydrogen) atoms. The molecule has 0 saturated heterocycles. The lowest BCUT2D eigenvalue weighted by atomic mass is 9.82. The van der Waals surface area contributed by atoms with Crippen LogP contribution in [0.1, 0.15) is 154 Å². The largest absolute Gasteiger partial charge is 0.349 e. The van der Waals surface area contributed by atoms with E-state index in [1.165, 1.54) is 19.3 Å². The quantitative estimate of drug-likeness (QED) is 0.147. The number of nitrogens with one attached hydrogen (secondary N) is 1. The first kappa shape index (κ1) is 36.6. The molecule has 0 bridgehead atoms. The van der Waals surface area contributed by atoms with Crippen LogP contribution in [0.2, 0.25) is 0 Å². The maximum absolute atomic E-state index is 6.48. The Kier molecular flexibility index (Phi) is 13.8. The molecule has 1 rings (SSSR count). The van der Waals surface area contributed by atoms with Crippen LogP contribution in [0.4, 0.5) is 11.9 Å². The van der Waals surface area contributed by atoms with E-state index in [1.807, 2.05) is 0 Å². The van der Waals surface area contributed by atoms with Crippen molar-refractivity contribution in [2.45, 2.75) is 177 Å². The predicted octanol–water partition coefficient (Wildman–Crippen LogP) is 8.15. The Balaban J connectivity index is 3.10. The molecule has 0 aliphatic carbocycles. The van der Waals surface area contributed by atoms with E-state index in [9.17, 15) is 0 Å². The van der Waals surface area contributed by atoms with Crippen molar-refractivity contribution in [3.05, 3.63) is 5.82 Å². The Bertz CT molecular complexity index is 857. The van der Waals surface area contributed by atoms with Crippen molar-refractivity contribution in [3.8, 4) is 0 Å². The van der Waals surface area contributed by atoms with Gasteiger partial charge in [0.25, 0.3) is 0 Å². The summed E-state index contributed by atoms with van der Waals surface area (Å²) in [5.41, 5.74) is 6.11. The highest BCUT2D eigenvalue weighted by molar-refractivity contribution is 5.40. The summed E-state index contributed by atoms with van der Waals surface area (Å²) in [5.74, 6) is 2.35. The summed E-state index contributed by atoms with van der Waals surface area (Å²) in [4.78, 5) is 19.9. The summed E-state index contributed by atoms with van der Waals surface area (Å²) in [6, 6.07) is 0.909. The van der Waals surface area contributed by atoms with E-state index in [4.69, 9.17) is 20.7 Å². The average molecular weight is 562 g/mol. The molecule has 0 saturated carbocycles. The van der Waals surface area contributed by atoms with Gasteiger partial charge in [-0.05, 0) is 78.6 Å². The van der Waals surface area contributed by atoms with Gasteiger partial charge in [0.2, 0.25) is 11.9 Å². The lowest BCUT2D eigenvalue weighted by molar-refractivity contribution is 0.0765. The van der Waals surface area contributed by atoms with Gasteiger partial charge < -0.3 is 16.0 Å². The minimum absolute atomic E-state index is 0.132. The standard InChI is InChI=1S/C33H67N7/c1-15-25(4)40(33(13,14)34)23-21-19-18-20-22-39(26(16-2)17-3)29-36-27(31(8,9)10)35-28(37-29)38-32(11,12)24-30(5,6)7/h25-26H,15-24,34H2,1-14H3,(H,35,36,37,38). The highest BCUT2D eigenvalue weighted by atomic mass is 15.3. The van der Waals surface area contributed by atoms with Gasteiger partial charge in [-0.15, -0.1) is 0 Å². The van der Waals surface area contributed by atoms with E-state index in [2.05, 4.69) is 112 Å². The first-order chi connectivity index (χ1) is 18.2. The summed E-state index contributed by atoms with van der Waals surface area (Å²) >= 11 is 0. The lowest BCUT2D eigenvalue weighted by Gasteiger charge is -2.39. The van der Waals surface area contributed by atoms with Gasteiger partial charge in [0.05, 0.1) is 5.66 Å². The van der Waals surface area contributed by atoms with Crippen molar-refractivity contribution in [2.24, 2.45) is 11.1 Å². The molecule has 7 heteroatoms. The van der Waals surface area contributed by atoms with Gasteiger partial charge in [0, 0.05) is 36.1 Å². The summed E-state index contributed by atoms with van der Waals surface area (Å²) in [6.45, 7) is 33.2. The molecule has 0 fully saturated rings. The third kappa shape index (κ3) is 12.6.